The lowest BCUT2D eigenvalue weighted by atomic mass is 9.90. The molecule has 0 unspecified atom stereocenters. The van der Waals surface area contributed by atoms with E-state index in [0.29, 0.717) is 19.0 Å². The molecule has 0 radical (unpaired) electrons. The van der Waals surface area contributed by atoms with E-state index in [1.807, 2.05) is 36.4 Å². The Hall–Kier alpha value is -2.76. The van der Waals surface area contributed by atoms with Crippen LogP contribution in [0.4, 0.5) is 0 Å². The van der Waals surface area contributed by atoms with E-state index < -0.39 is 0 Å². The SMILES string of the molecule is COc1ccc([C@@H](c2c(O)ccc3ccccc23)[NH+]2CCOCC2)c(OC)c1. The van der Waals surface area contributed by atoms with Gasteiger partial charge in [-0.15, -0.1) is 0 Å². The lowest BCUT2D eigenvalue weighted by Gasteiger charge is -2.33. The van der Waals surface area contributed by atoms with Crippen LogP contribution < -0.4 is 14.4 Å². The summed E-state index contributed by atoms with van der Waals surface area (Å²) in [6.45, 7) is 3.14. The first kappa shape index (κ1) is 18.6. The lowest BCUT2D eigenvalue weighted by Crippen LogP contribution is -3.14. The minimum Gasteiger partial charge on any atom is -0.507 e. The zero-order chi connectivity index (χ0) is 19.5. The van der Waals surface area contributed by atoms with Crippen LogP contribution in [0, 0.1) is 0 Å². The average molecular weight is 380 g/mol. The molecule has 1 atom stereocenters. The monoisotopic (exact) mass is 380 g/mol. The van der Waals surface area contributed by atoms with Crippen LogP contribution in [0.2, 0.25) is 0 Å². The number of benzene rings is 3. The molecule has 0 aliphatic carbocycles. The Labute approximate surface area is 165 Å². The van der Waals surface area contributed by atoms with Crippen molar-refractivity contribution in [3.05, 3.63) is 65.7 Å². The van der Waals surface area contributed by atoms with Crippen molar-refractivity contribution < 1.29 is 24.2 Å². The molecule has 3 aromatic rings. The van der Waals surface area contributed by atoms with E-state index >= 15 is 0 Å². The molecule has 0 spiro atoms. The first-order valence-electron chi connectivity index (χ1n) is 9.57. The van der Waals surface area contributed by atoms with Gasteiger partial charge in [0.15, 0.2) is 0 Å². The fraction of sp³-hybridized carbons (Fsp3) is 0.304. The minimum absolute atomic E-state index is 0.0733. The van der Waals surface area contributed by atoms with Crippen LogP contribution in [0.25, 0.3) is 10.8 Å². The van der Waals surface area contributed by atoms with E-state index in [1.54, 1.807) is 20.3 Å². The molecule has 28 heavy (non-hydrogen) atoms. The molecule has 0 amide bonds. The highest BCUT2D eigenvalue weighted by Gasteiger charge is 2.34. The summed E-state index contributed by atoms with van der Waals surface area (Å²) < 4.78 is 16.7. The van der Waals surface area contributed by atoms with Crippen LogP contribution >= 0.6 is 0 Å². The van der Waals surface area contributed by atoms with Gasteiger partial charge in [-0.05, 0) is 29.0 Å². The smallest absolute Gasteiger partial charge is 0.147 e. The van der Waals surface area contributed by atoms with Crippen molar-refractivity contribution in [1.82, 2.24) is 0 Å². The van der Waals surface area contributed by atoms with Crippen LogP contribution in [0.3, 0.4) is 0 Å². The van der Waals surface area contributed by atoms with Gasteiger partial charge in [0.25, 0.3) is 0 Å². The minimum atomic E-state index is -0.0733. The molecular weight excluding hydrogens is 354 g/mol. The third-order valence-electron chi connectivity index (χ3n) is 5.53. The predicted octanol–water partition coefficient (Wildman–Crippen LogP) is 2.57. The van der Waals surface area contributed by atoms with Gasteiger partial charge in [0.05, 0.1) is 38.6 Å². The van der Waals surface area contributed by atoms with E-state index in [2.05, 4.69) is 12.1 Å². The van der Waals surface area contributed by atoms with Crippen molar-refractivity contribution in [2.24, 2.45) is 0 Å². The van der Waals surface area contributed by atoms with E-state index in [0.717, 1.165) is 46.5 Å². The third-order valence-corrected chi connectivity index (χ3v) is 5.53. The number of morpholine rings is 1. The number of nitrogens with one attached hydrogen (secondary N) is 1. The molecule has 146 valence electrons. The molecule has 4 rings (SSSR count). The highest BCUT2D eigenvalue weighted by atomic mass is 16.5. The zero-order valence-electron chi connectivity index (χ0n) is 16.3. The molecule has 1 saturated heterocycles. The number of methoxy groups -OCH3 is 2. The summed E-state index contributed by atoms with van der Waals surface area (Å²) in [6.07, 6.45) is 0. The van der Waals surface area contributed by atoms with Crippen molar-refractivity contribution in [1.29, 1.82) is 0 Å². The third kappa shape index (κ3) is 3.39. The first-order chi connectivity index (χ1) is 13.7. The Morgan fingerprint density at radius 2 is 1.75 bits per heavy atom. The Kier molecular flexibility index (Phi) is 5.37. The van der Waals surface area contributed by atoms with Gasteiger partial charge in [-0.2, -0.15) is 0 Å². The van der Waals surface area contributed by atoms with Crippen LogP contribution in [0.1, 0.15) is 17.2 Å². The van der Waals surface area contributed by atoms with Crippen molar-refractivity contribution in [3.63, 3.8) is 0 Å². The summed E-state index contributed by atoms with van der Waals surface area (Å²) in [5, 5.41) is 13.1. The Morgan fingerprint density at radius 3 is 2.50 bits per heavy atom. The number of rotatable bonds is 5. The zero-order valence-corrected chi connectivity index (χ0v) is 16.3. The molecule has 1 heterocycles. The second-order valence-electron chi connectivity index (χ2n) is 7.03. The molecule has 5 nitrogen and oxygen atoms in total. The van der Waals surface area contributed by atoms with Crippen LogP contribution in [-0.2, 0) is 4.74 Å². The van der Waals surface area contributed by atoms with E-state index in [9.17, 15) is 5.11 Å². The van der Waals surface area contributed by atoms with Gasteiger partial charge in [0.2, 0.25) is 0 Å². The second kappa shape index (κ2) is 8.09. The number of ether oxygens (including phenoxy) is 3. The van der Waals surface area contributed by atoms with E-state index in [1.165, 1.54) is 4.90 Å². The highest BCUT2D eigenvalue weighted by Crippen LogP contribution is 2.38. The van der Waals surface area contributed by atoms with Crippen molar-refractivity contribution in [3.8, 4) is 17.2 Å². The maximum atomic E-state index is 10.9. The second-order valence-corrected chi connectivity index (χ2v) is 7.03. The van der Waals surface area contributed by atoms with Gasteiger partial charge in [0, 0.05) is 6.07 Å². The van der Waals surface area contributed by atoms with Crippen LogP contribution in [0.5, 0.6) is 17.2 Å². The van der Waals surface area contributed by atoms with Crippen LogP contribution in [0.15, 0.2) is 54.6 Å². The summed E-state index contributed by atoms with van der Waals surface area (Å²) in [6, 6.07) is 17.8. The largest absolute Gasteiger partial charge is 0.507 e. The first-order valence-corrected chi connectivity index (χ1v) is 9.57. The van der Waals surface area contributed by atoms with Gasteiger partial charge in [-0.1, -0.05) is 30.3 Å². The molecule has 0 aromatic heterocycles. The summed E-state index contributed by atoms with van der Waals surface area (Å²) in [7, 11) is 3.32. The topological polar surface area (TPSA) is 52.4 Å². The Morgan fingerprint density at radius 1 is 0.964 bits per heavy atom. The molecule has 1 aliphatic rings. The average Bonchev–Trinajstić information content (AvgIpc) is 2.76. The summed E-state index contributed by atoms with van der Waals surface area (Å²) in [5.74, 6) is 1.81. The fourth-order valence-corrected chi connectivity index (χ4v) is 4.15. The number of phenolic OH excluding ortho intramolecular Hbond substituents is 1. The van der Waals surface area contributed by atoms with Crippen LogP contribution in [-0.4, -0.2) is 45.6 Å². The number of hydrogen-bond acceptors (Lipinski definition) is 4. The van der Waals surface area contributed by atoms with Crippen molar-refractivity contribution >= 4 is 10.8 Å². The Bertz CT molecular complexity index is 966. The Balaban J connectivity index is 1.95. The normalized spacial score (nSPS) is 16.1. The van der Waals surface area contributed by atoms with Gasteiger partial charge < -0.3 is 24.2 Å². The van der Waals surface area contributed by atoms with Gasteiger partial charge in [0.1, 0.15) is 36.4 Å². The maximum absolute atomic E-state index is 10.9. The van der Waals surface area contributed by atoms with Crippen molar-refractivity contribution in [2.75, 3.05) is 40.5 Å². The number of fused-ring (bicyclic) bond motifs is 1. The molecule has 5 heteroatoms. The molecular formula is C23H26NO4+. The lowest BCUT2D eigenvalue weighted by molar-refractivity contribution is -0.933. The van der Waals surface area contributed by atoms with E-state index in [4.69, 9.17) is 14.2 Å². The fourth-order valence-electron chi connectivity index (χ4n) is 4.15. The predicted molar refractivity (Wildman–Crippen MR) is 109 cm³/mol. The number of aromatic hydroxyl groups is 1. The highest BCUT2D eigenvalue weighted by molar-refractivity contribution is 5.88. The molecule has 1 aliphatic heterocycles. The standard InChI is InChI=1S/C23H25NO4/c1-26-17-8-9-19(21(15-17)27-2)23(24-11-13-28-14-12-24)22-18-6-4-3-5-16(18)7-10-20(22)25/h3-10,15,23,25H,11-14H2,1-2H3/p+1/t23-/m0/s1. The molecule has 1 fully saturated rings. The molecule has 0 saturated carbocycles. The van der Waals surface area contributed by atoms with Crippen molar-refractivity contribution in [2.45, 2.75) is 6.04 Å². The van der Waals surface area contributed by atoms with Gasteiger partial charge in [-0.3, -0.25) is 0 Å². The van der Waals surface area contributed by atoms with E-state index in [-0.39, 0.29) is 6.04 Å². The quantitative estimate of drug-likeness (QED) is 0.714. The van der Waals surface area contributed by atoms with Gasteiger partial charge in [-0.25, -0.2) is 0 Å². The molecule has 0 bridgehead atoms. The van der Waals surface area contributed by atoms with Gasteiger partial charge >= 0.3 is 0 Å². The summed E-state index contributed by atoms with van der Waals surface area (Å²) in [5.41, 5.74) is 1.96. The maximum Gasteiger partial charge on any atom is 0.147 e. The molecule has 2 N–H and O–H groups in total. The summed E-state index contributed by atoms with van der Waals surface area (Å²) >= 11 is 0. The molecule has 3 aromatic carbocycles. The number of hydrogen-bond donors (Lipinski definition) is 2. The number of phenols is 1. The number of quaternary nitrogens is 1. The summed E-state index contributed by atoms with van der Waals surface area (Å²) in [4.78, 5) is 1.35.